The van der Waals surface area contributed by atoms with Gasteiger partial charge in [-0.05, 0) is 40.9 Å². The van der Waals surface area contributed by atoms with E-state index < -0.39 is 23.1 Å². The molecule has 0 radical (unpaired) electrons. The number of hydrogen-bond donors (Lipinski definition) is 2. The Bertz CT molecular complexity index is 521. The first-order chi connectivity index (χ1) is 9.44. The van der Waals surface area contributed by atoms with Crippen LogP contribution in [0.3, 0.4) is 0 Å². The highest BCUT2D eigenvalue weighted by atomic mass is 79.9. The SMILES string of the molecule is O=C(CC1(C(=O)O)CCCC1)Nc1c(F)cccc1Br. The summed E-state index contributed by atoms with van der Waals surface area (Å²) in [6.45, 7) is 0. The van der Waals surface area contributed by atoms with Crippen LogP contribution in [0.4, 0.5) is 10.1 Å². The molecule has 1 amide bonds. The highest BCUT2D eigenvalue weighted by molar-refractivity contribution is 9.10. The Labute approximate surface area is 124 Å². The van der Waals surface area contributed by atoms with Crippen LogP contribution in [0.1, 0.15) is 32.1 Å². The van der Waals surface area contributed by atoms with Crippen LogP contribution in [0.15, 0.2) is 22.7 Å². The van der Waals surface area contributed by atoms with Gasteiger partial charge in [0, 0.05) is 10.9 Å². The fourth-order valence-corrected chi connectivity index (χ4v) is 3.07. The third kappa shape index (κ3) is 3.00. The van der Waals surface area contributed by atoms with E-state index in [1.54, 1.807) is 6.07 Å². The molecule has 0 spiro atoms. The van der Waals surface area contributed by atoms with Crippen molar-refractivity contribution in [2.24, 2.45) is 5.41 Å². The molecule has 4 nitrogen and oxygen atoms in total. The van der Waals surface area contributed by atoms with E-state index in [0.717, 1.165) is 12.8 Å². The number of nitrogens with one attached hydrogen (secondary N) is 1. The van der Waals surface area contributed by atoms with Crippen molar-refractivity contribution in [3.8, 4) is 0 Å². The lowest BCUT2D eigenvalue weighted by Crippen LogP contribution is -2.33. The Hall–Kier alpha value is -1.43. The Morgan fingerprint density at radius 1 is 1.35 bits per heavy atom. The first-order valence-electron chi connectivity index (χ1n) is 6.42. The maximum atomic E-state index is 13.6. The van der Waals surface area contributed by atoms with Crippen molar-refractivity contribution in [1.29, 1.82) is 0 Å². The van der Waals surface area contributed by atoms with Crippen molar-refractivity contribution >= 4 is 33.5 Å². The fourth-order valence-electron chi connectivity index (χ4n) is 2.63. The number of amides is 1. The number of carboxylic acid groups (broad SMARTS) is 1. The molecule has 6 heteroatoms. The second kappa shape index (κ2) is 5.91. The van der Waals surface area contributed by atoms with Crippen molar-refractivity contribution in [3.63, 3.8) is 0 Å². The molecule has 2 N–H and O–H groups in total. The lowest BCUT2D eigenvalue weighted by atomic mass is 9.82. The van der Waals surface area contributed by atoms with Crippen LogP contribution in [0.5, 0.6) is 0 Å². The van der Waals surface area contributed by atoms with E-state index in [0.29, 0.717) is 17.3 Å². The standard InChI is InChI=1S/C14H15BrFNO3/c15-9-4-3-5-10(16)12(9)17-11(18)8-14(13(19)20)6-1-2-7-14/h3-5H,1-2,6-8H2,(H,17,18)(H,19,20). The topological polar surface area (TPSA) is 66.4 Å². The number of halogens is 2. The molecule has 1 fully saturated rings. The Morgan fingerprint density at radius 2 is 2.00 bits per heavy atom. The van der Waals surface area contributed by atoms with E-state index >= 15 is 0 Å². The molecule has 0 saturated heterocycles. The molecule has 0 aromatic heterocycles. The van der Waals surface area contributed by atoms with Crippen molar-refractivity contribution in [1.82, 2.24) is 0 Å². The molecule has 1 aromatic rings. The Kier molecular flexibility index (Phi) is 4.42. The number of carboxylic acids is 1. The molecule has 0 aliphatic heterocycles. The Balaban J connectivity index is 2.11. The van der Waals surface area contributed by atoms with Gasteiger partial charge in [0.25, 0.3) is 0 Å². The summed E-state index contributed by atoms with van der Waals surface area (Å²) in [5, 5.41) is 11.8. The number of anilines is 1. The lowest BCUT2D eigenvalue weighted by Gasteiger charge is -2.23. The van der Waals surface area contributed by atoms with Crippen LogP contribution in [-0.2, 0) is 9.59 Å². The van der Waals surface area contributed by atoms with Crippen LogP contribution >= 0.6 is 15.9 Å². The minimum Gasteiger partial charge on any atom is -0.481 e. The van der Waals surface area contributed by atoms with Gasteiger partial charge in [0.1, 0.15) is 5.82 Å². The summed E-state index contributed by atoms with van der Waals surface area (Å²) in [7, 11) is 0. The predicted molar refractivity (Wildman–Crippen MR) is 75.9 cm³/mol. The largest absolute Gasteiger partial charge is 0.481 e. The molecule has 2 rings (SSSR count). The summed E-state index contributed by atoms with van der Waals surface area (Å²) in [5.74, 6) is -1.97. The molecule has 108 valence electrons. The zero-order valence-electron chi connectivity index (χ0n) is 10.8. The van der Waals surface area contributed by atoms with Gasteiger partial charge in [-0.3, -0.25) is 9.59 Å². The highest BCUT2D eigenvalue weighted by Gasteiger charge is 2.43. The molecule has 0 heterocycles. The zero-order valence-corrected chi connectivity index (χ0v) is 12.4. The summed E-state index contributed by atoms with van der Waals surface area (Å²) in [6, 6.07) is 4.37. The molecule has 0 unspecified atom stereocenters. The maximum Gasteiger partial charge on any atom is 0.310 e. The van der Waals surface area contributed by atoms with Gasteiger partial charge in [0.15, 0.2) is 0 Å². The minimum atomic E-state index is -0.998. The summed E-state index contributed by atoms with van der Waals surface area (Å²) >= 11 is 3.16. The van der Waals surface area contributed by atoms with E-state index in [-0.39, 0.29) is 12.1 Å². The number of carbonyl (C=O) groups excluding carboxylic acids is 1. The average molecular weight is 344 g/mol. The van der Waals surface area contributed by atoms with Crippen LogP contribution in [0, 0.1) is 11.2 Å². The average Bonchev–Trinajstić information content (AvgIpc) is 2.84. The quantitative estimate of drug-likeness (QED) is 0.878. The smallest absolute Gasteiger partial charge is 0.310 e. The van der Waals surface area contributed by atoms with Gasteiger partial charge in [-0.1, -0.05) is 18.9 Å². The third-order valence-corrected chi connectivity index (χ3v) is 4.40. The number of benzene rings is 1. The van der Waals surface area contributed by atoms with Crippen molar-refractivity contribution in [2.75, 3.05) is 5.32 Å². The van der Waals surface area contributed by atoms with Crippen LogP contribution in [0.25, 0.3) is 0 Å². The van der Waals surface area contributed by atoms with Gasteiger partial charge in [-0.2, -0.15) is 0 Å². The van der Waals surface area contributed by atoms with Crippen molar-refractivity contribution in [2.45, 2.75) is 32.1 Å². The predicted octanol–water partition coefficient (Wildman–Crippen LogP) is 3.56. The van der Waals surface area contributed by atoms with E-state index in [1.165, 1.54) is 12.1 Å². The van der Waals surface area contributed by atoms with Gasteiger partial charge in [-0.25, -0.2) is 4.39 Å². The molecule has 0 bridgehead atoms. The minimum absolute atomic E-state index is 0.0519. The molecule has 20 heavy (non-hydrogen) atoms. The van der Waals surface area contributed by atoms with Crippen LogP contribution in [0.2, 0.25) is 0 Å². The lowest BCUT2D eigenvalue weighted by molar-refractivity contribution is -0.150. The molecular weight excluding hydrogens is 329 g/mol. The van der Waals surface area contributed by atoms with Crippen molar-refractivity contribution in [3.05, 3.63) is 28.5 Å². The van der Waals surface area contributed by atoms with Crippen LogP contribution < -0.4 is 5.32 Å². The highest BCUT2D eigenvalue weighted by Crippen LogP contribution is 2.41. The van der Waals surface area contributed by atoms with E-state index in [2.05, 4.69) is 21.2 Å². The zero-order chi connectivity index (χ0) is 14.8. The number of carbonyl (C=O) groups is 2. The van der Waals surface area contributed by atoms with E-state index in [1.807, 2.05) is 0 Å². The summed E-state index contributed by atoms with van der Waals surface area (Å²) in [6.07, 6.45) is 2.48. The number of aliphatic carboxylic acids is 1. The monoisotopic (exact) mass is 343 g/mol. The molecule has 1 aliphatic rings. The maximum absolute atomic E-state index is 13.6. The van der Waals surface area contributed by atoms with Gasteiger partial charge in [0.05, 0.1) is 11.1 Å². The fraction of sp³-hybridized carbons (Fsp3) is 0.429. The Morgan fingerprint density at radius 3 is 2.55 bits per heavy atom. The van der Waals surface area contributed by atoms with Crippen molar-refractivity contribution < 1.29 is 19.1 Å². The van der Waals surface area contributed by atoms with Crippen LogP contribution in [-0.4, -0.2) is 17.0 Å². The normalized spacial score (nSPS) is 16.9. The molecular formula is C14H15BrFNO3. The van der Waals surface area contributed by atoms with Gasteiger partial charge >= 0.3 is 5.97 Å². The summed E-state index contributed by atoms with van der Waals surface area (Å²) in [5.41, 5.74) is -0.946. The molecule has 1 aromatic carbocycles. The first-order valence-corrected chi connectivity index (χ1v) is 7.21. The van der Waals surface area contributed by atoms with Gasteiger partial charge < -0.3 is 10.4 Å². The number of hydrogen-bond acceptors (Lipinski definition) is 2. The van der Waals surface area contributed by atoms with E-state index in [9.17, 15) is 19.1 Å². The van der Waals surface area contributed by atoms with Gasteiger partial charge in [-0.15, -0.1) is 0 Å². The first kappa shape index (κ1) is 15.0. The second-order valence-corrected chi connectivity index (χ2v) is 5.97. The summed E-state index contributed by atoms with van der Waals surface area (Å²) < 4.78 is 14.0. The molecule has 1 saturated carbocycles. The summed E-state index contributed by atoms with van der Waals surface area (Å²) in [4.78, 5) is 23.4. The second-order valence-electron chi connectivity index (χ2n) is 5.11. The van der Waals surface area contributed by atoms with Gasteiger partial charge in [0.2, 0.25) is 5.91 Å². The molecule has 0 atom stereocenters. The number of rotatable bonds is 4. The number of para-hydroxylation sites is 1. The molecule has 1 aliphatic carbocycles. The third-order valence-electron chi connectivity index (χ3n) is 3.74. The van der Waals surface area contributed by atoms with E-state index in [4.69, 9.17) is 0 Å².